The number of anilines is 1. The van der Waals surface area contributed by atoms with Crippen molar-refractivity contribution in [3.63, 3.8) is 0 Å². The molecule has 2 heterocycles. The second-order valence-corrected chi connectivity index (χ2v) is 6.88. The summed E-state index contributed by atoms with van der Waals surface area (Å²) in [6, 6.07) is 0. The predicted octanol–water partition coefficient (Wildman–Crippen LogP) is 1.76. The molecule has 0 aliphatic carbocycles. The van der Waals surface area contributed by atoms with Crippen LogP contribution in [-0.4, -0.2) is 49.4 Å². The van der Waals surface area contributed by atoms with E-state index in [2.05, 4.69) is 10.2 Å². The van der Waals surface area contributed by atoms with E-state index >= 15 is 0 Å². The van der Waals surface area contributed by atoms with Crippen molar-refractivity contribution in [2.75, 3.05) is 32.1 Å². The molecule has 1 fully saturated rings. The smallest absolute Gasteiger partial charge is 0.341 e. The molecule has 0 radical (unpaired) electrons. The molecule has 0 bridgehead atoms. The quantitative estimate of drug-likeness (QED) is 0.785. The summed E-state index contributed by atoms with van der Waals surface area (Å²) in [5.41, 5.74) is 5.96. The van der Waals surface area contributed by atoms with Crippen molar-refractivity contribution in [1.82, 2.24) is 4.90 Å². The van der Waals surface area contributed by atoms with E-state index in [-0.39, 0.29) is 22.9 Å². The van der Waals surface area contributed by atoms with E-state index in [1.807, 2.05) is 0 Å². The first-order chi connectivity index (χ1) is 11.4. The Morgan fingerprint density at radius 3 is 2.38 bits per heavy atom. The minimum Gasteiger partial charge on any atom is -0.465 e. The van der Waals surface area contributed by atoms with Gasteiger partial charge in [0.2, 0.25) is 5.91 Å². The molecule has 0 aromatic carbocycles. The first-order valence-corrected chi connectivity index (χ1v) is 8.79. The highest BCUT2D eigenvalue weighted by molar-refractivity contribution is 7.18. The summed E-state index contributed by atoms with van der Waals surface area (Å²) in [6.45, 7) is 3.68. The van der Waals surface area contributed by atoms with Crippen LogP contribution >= 0.6 is 11.3 Å². The van der Waals surface area contributed by atoms with Crippen LogP contribution in [0.4, 0.5) is 5.00 Å². The maximum Gasteiger partial charge on any atom is 0.341 e. The molecule has 2 rings (SSSR count). The van der Waals surface area contributed by atoms with E-state index in [4.69, 9.17) is 10.5 Å². The molecule has 0 atom stereocenters. The van der Waals surface area contributed by atoms with Gasteiger partial charge in [-0.2, -0.15) is 0 Å². The SMILES string of the molecule is COC(=O)c1c(NC(=O)CN2CCCCCC2)sc(C(N)=O)c1C. The number of esters is 1. The summed E-state index contributed by atoms with van der Waals surface area (Å²) in [5.74, 6) is -1.43. The zero-order valence-electron chi connectivity index (χ0n) is 14.0. The van der Waals surface area contributed by atoms with Crippen LogP contribution in [0, 0.1) is 6.92 Å². The number of hydrogen-bond donors (Lipinski definition) is 2. The molecule has 1 aliphatic rings. The summed E-state index contributed by atoms with van der Waals surface area (Å²) in [5, 5.41) is 3.05. The second-order valence-electron chi connectivity index (χ2n) is 5.85. The van der Waals surface area contributed by atoms with E-state index in [0.29, 0.717) is 10.6 Å². The van der Waals surface area contributed by atoms with Gasteiger partial charge in [-0.3, -0.25) is 14.5 Å². The maximum absolute atomic E-state index is 12.3. The summed E-state index contributed by atoms with van der Waals surface area (Å²) in [6.07, 6.45) is 4.56. The fraction of sp³-hybridized carbons (Fsp3) is 0.562. The van der Waals surface area contributed by atoms with Crippen LogP contribution in [-0.2, 0) is 9.53 Å². The highest BCUT2D eigenvalue weighted by Gasteiger charge is 2.25. The molecule has 0 unspecified atom stereocenters. The van der Waals surface area contributed by atoms with E-state index in [1.165, 1.54) is 20.0 Å². The van der Waals surface area contributed by atoms with Gasteiger partial charge >= 0.3 is 5.97 Å². The van der Waals surface area contributed by atoms with Gasteiger partial charge in [-0.15, -0.1) is 11.3 Å². The van der Waals surface area contributed by atoms with Crippen molar-refractivity contribution in [2.45, 2.75) is 32.6 Å². The summed E-state index contributed by atoms with van der Waals surface area (Å²) in [4.78, 5) is 38.2. The number of ether oxygens (including phenoxy) is 1. The number of thiophene rings is 1. The number of nitrogens with two attached hydrogens (primary N) is 1. The lowest BCUT2D eigenvalue weighted by molar-refractivity contribution is -0.117. The molecule has 1 aromatic rings. The van der Waals surface area contributed by atoms with Gasteiger partial charge in [-0.1, -0.05) is 12.8 Å². The van der Waals surface area contributed by atoms with Crippen LogP contribution in [0.15, 0.2) is 0 Å². The van der Waals surface area contributed by atoms with Crippen LogP contribution in [0.25, 0.3) is 0 Å². The minimum absolute atomic E-state index is 0.195. The Balaban J connectivity index is 2.15. The van der Waals surface area contributed by atoms with Gasteiger partial charge < -0.3 is 15.8 Å². The molecule has 1 saturated heterocycles. The molecule has 1 aliphatic heterocycles. The molecular formula is C16H23N3O4S. The van der Waals surface area contributed by atoms with Crippen LogP contribution in [0.5, 0.6) is 0 Å². The van der Waals surface area contributed by atoms with E-state index < -0.39 is 11.9 Å². The van der Waals surface area contributed by atoms with Gasteiger partial charge in [0, 0.05) is 0 Å². The Morgan fingerprint density at radius 2 is 1.83 bits per heavy atom. The number of likely N-dealkylation sites (tertiary alicyclic amines) is 1. The number of hydrogen-bond acceptors (Lipinski definition) is 6. The Kier molecular flexibility index (Phi) is 6.33. The van der Waals surface area contributed by atoms with Gasteiger partial charge in [0.1, 0.15) is 5.00 Å². The summed E-state index contributed by atoms with van der Waals surface area (Å²) < 4.78 is 4.75. The van der Waals surface area contributed by atoms with E-state index in [9.17, 15) is 14.4 Å². The van der Waals surface area contributed by atoms with Crippen molar-refractivity contribution < 1.29 is 19.1 Å². The molecular weight excluding hydrogens is 330 g/mol. The number of carbonyl (C=O) groups is 3. The lowest BCUT2D eigenvalue weighted by Crippen LogP contribution is -2.34. The number of primary amides is 1. The summed E-state index contributed by atoms with van der Waals surface area (Å²) in [7, 11) is 1.26. The summed E-state index contributed by atoms with van der Waals surface area (Å²) >= 11 is 1.01. The third-order valence-electron chi connectivity index (χ3n) is 4.08. The lowest BCUT2D eigenvalue weighted by Gasteiger charge is -2.18. The van der Waals surface area contributed by atoms with Gasteiger partial charge in [0.25, 0.3) is 5.91 Å². The number of carbonyl (C=O) groups excluding carboxylic acids is 3. The highest BCUT2D eigenvalue weighted by Crippen LogP contribution is 2.33. The number of methoxy groups -OCH3 is 1. The average Bonchev–Trinajstić information content (AvgIpc) is 2.71. The van der Waals surface area contributed by atoms with Crippen LogP contribution in [0.1, 0.15) is 51.3 Å². The standard InChI is InChI=1S/C16H23N3O4S/c1-10-12(16(22)23-2)15(24-13(10)14(17)21)18-11(20)9-19-7-5-3-4-6-8-19/h3-9H2,1-2H3,(H2,17,21)(H,18,20). The van der Waals surface area contributed by atoms with Gasteiger partial charge in [-0.05, 0) is 38.4 Å². The molecule has 0 saturated carbocycles. The topological polar surface area (TPSA) is 102 Å². The third-order valence-corrected chi connectivity index (χ3v) is 5.30. The molecule has 1 aromatic heterocycles. The van der Waals surface area contributed by atoms with Crippen molar-refractivity contribution >= 4 is 34.1 Å². The zero-order valence-corrected chi connectivity index (χ0v) is 14.8. The minimum atomic E-state index is -0.629. The van der Waals surface area contributed by atoms with Crippen molar-refractivity contribution in [2.24, 2.45) is 5.73 Å². The number of amides is 2. The molecule has 8 heteroatoms. The third kappa shape index (κ3) is 4.33. The molecule has 7 nitrogen and oxygen atoms in total. The largest absolute Gasteiger partial charge is 0.465 e. The Labute approximate surface area is 145 Å². The molecule has 3 N–H and O–H groups in total. The predicted molar refractivity (Wildman–Crippen MR) is 92.5 cm³/mol. The molecule has 2 amide bonds. The monoisotopic (exact) mass is 353 g/mol. The Bertz CT molecular complexity index is 634. The molecule has 24 heavy (non-hydrogen) atoms. The van der Waals surface area contributed by atoms with Gasteiger partial charge in [-0.25, -0.2) is 4.79 Å². The van der Waals surface area contributed by atoms with Crippen molar-refractivity contribution in [3.05, 3.63) is 16.0 Å². The maximum atomic E-state index is 12.3. The lowest BCUT2D eigenvalue weighted by atomic mass is 10.1. The fourth-order valence-corrected chi connectivity index (χ4v) is 3.91. The number of nitrogens with zero attached hydrogens (tertiary/aromatic N) is 1. The highest BCUT2D eigenvalue weighted by atomic mass is 32.1. The zero-order chi connectivity index (χ0) is 17.7. The fourth-order valence-electron chi connectivity index (χ4n) is 2.85. The average molecular weight is 353 g/mol. The number of nitrogens with one attached hydrogen (secondary N) is 1. The Morgan fingerprint density at radius 1 is 1.21 bits per heavy atom. The van der Waals surface area contributed by atoms with Gasteiger partial charge in [0.05, 0.1) is 24.1 Å². The van der Waals surface area contributed by atoms with Gasteiger partial charge in [0.15, 0.2) is 0 Å². The first-order valence-electron chi connectivity index (χ1n) is 7.97. The number of rotatable bonds is 5. The first kappa shape index (κ1) is 18.4. The molecule has 132 valence electrons. The molecule has 0 spiro atoms. The van der Waals surface area contributed by atoms with Crippen LogP contribution < -0.4 is 11.1 Å². The van der Waals surface area contributed by atoms with Crippen LogP contribution in [0.2, 0.25) is 0 Å². The normalized spacial score (nSPS) is 15.6. The van der Waals surface area contributed by atoms with Crippen LogP contribution in [0.3, 0.4) is 0 Å². The second kappa shape index (κ2) is 8.25. The Hall–Kier alpha value is -1.93. The van der Waals surface area contributed by atoms with Crippen molar-refractivity contribution in [3.8, 4) is 0 Å². The van der Waals surface area contributed by atoms with Crippen molar-refractivity contribution in [1.29, 1.82) is 0 Å². The van der Waals surface area contributed by atoms with E-state index in [0.717, 1.165) is 37.3 Å². The van der Waals surface area contributed by atoms with E-state index in [1.54, 1.807) is 6.92 Å².